The van der Waals surface area contributed by atoms with Gasteiger partial charge in [-0.05, 0) is 24.6 Å². The molecule has 5 nitrogen and oxygen atoms in total. The number of alkyl halides is 3. The summed E-state index contributed by atoms with van der Waals surface area (Å²) in [7, 11) is 1.44. The van der Waals surface area contributed by atoms with Gasteiger partial charge in [0.05, 0.1) is 12.8 Å². The Morgan fingerprint density at radius 2 is 1.91 bits per heavy atom. The molecule has 0 atom stereocenters. The molecule has 2 rings (SSSR count). The van der Waals surface area contributed by atoms with Crippen LogP contribution in [0.5, 0.6) is 5.88 Å². The predicted octanol–water partition coefficient (Wildman–Crippen LogP) is 2.96. The number of aryl methyl sites for hydroxylation is 1. The number of halogens is 3. The highest BCUT2D eigenvalue weighted by atomic mass is 19.4. The van der Waals surface area contributed by atoms with Gasteiger partial charge < -0.3 is 10.1 Å². The van der Waals surface area contributed by atoms with E-state index >= 15 is 0 Å². The van der Waals surface area contributed by atoms with Gasteiger partial charge in [0.25, 0.3) is 0 Å². The van der Waals surface area contributed by atoms with Crippen LogP contribution in [0.1, 0.15) is 5.56 Å². The number of carbonyl (C=O) groups is 1. The van der Waals surface area contributed by atoms with E-state index in [0.717, 1.165) is 0 Å². The Labute approximate surface area is 124 Å². The second kappa shape index (κ2) is 6.00. The Morgan fingerprint density at radius 1 is 1.18 bits per heavy atom. The second-order valence-electron chi connectivity index (χ2n) is 4.44. The lowest BCUT2D eigenvalue weighted by atomic mass is 10.1. The summed E-state index contributed by atoms with van der Waals surface area (Å²) < 4.78 is 41.9. The van der Waals surface area contributed by atoms with E-state index in [1.54, 1.807) is 31.2 Å². The number of amides is 1. The molecule has 0 saturated carbocycles. The van der Waals surface area contributed by atoms with Crippen LogP contribution in [0.4, 0.5) is 18.9 Å². The van der Waals surface area contributed by atoms with Crippen LogP contribution in [0.2, 0.25) is 0 Å². The number of methoxy groups -OCH3 is 1. The highest BCUT2D eigenvalue weighted by Crippen LogP contribution is 2.26. The lowest BCUT2D eigenvalue weighted by Gasteiger charge is -2.12. The molecule has 1 heterocycles. The number of ether oxygens (including phenoxy) is 1. The molecule has 0 aliphatic rings. The van der Waals surface area contributed by atoms with Crippen LogP contribution in [0, 0.1) is 6.92 Å². The standard InChI is InChI=1S/C14H12F3N3O2/c1-8-3-4-9(10-5-6-12(22-2)20-19-10)7-11(8)18-13(21)14(15,16)17/h3-7H,1-2H3,(H,18,21). The molecule has 0 aliphatic carbocycles. The third-order valence-electron chi connectivity index (χ3n) is 2.89. The highest BCUT2D eigenvalue weighted by molar-refractivity contribution is 5.96. The first-order chi connectivity index (χ1) is 10.3. The van der Waals surface area contributed by atoms with Crippen molar-refractivity contribution < 1.29 is 22.7 Å². The Balaban J connectivity index is 2.31. The molecular formula is C14H12F3N3O2. The third kappa shape index (κ3) is 3.51. The topological polar surface area (TPSA) is 64.1 Å². The minimum Gasteiger partial charge on any atom is -0.480 e. The van der Waals surface area contributed by atoms with Crippen molar-refractivity contribution in [3.63, 3.8) is 0 Å². The van der Waals surface area contributed by atoms with Crippen LogP contribution >= 0.6 is 0 Å². The summed E-state index contributed by atoms with van der Waals surface area (Å²) in [5, 5.41) is 9.54. The number of carbonyl (C=O) groups excluding carboxylic acids is 1. The Morgan fingerprint density at radius 3 is 2.45 bits per heavy atom. The fraction of sp³-hybridized carbons (Fsp3) is 0.214. The lowest BCUT2D eigenvalue weighted by Crippen LogP contribution is -2.30. The number of anilines is 1. The van der Waals surface area contributed by atoms with Crippen molar-refractivity contribution >= 4 is 11.6 Å². The summed E-state index contributed by atoms with van der Waals surface area (Å²) in [5.74, 6) is -1.70. The van der Waals surface area contributed by atoms with Crippen LogP contribution in [-0.4, -0.2) is 29.4 Å². The van der Waals surface area contributed by atoms with Gasteiger partial charge in [0, 0.05) is 17.3 Å². The first kappa shape index (κ1) is 15.7. The van der Waals surface area contributed by atoms with Gasteiger partial charge in [0.1, 0.15) is 0 Å². The summed E-state index contributed by atoms with van der Waals surface area (Å²) in [5.41, 5.74) is 1.54. The zero-order chi connectivity index (χ0) is 16.3. The zero-order valence-corrected chi connectivity index (χ0v) is 11.7. The van der Waals surface area contributed by atoms with Crippen molar-refractivity contribution in [2.75, 3.05) is 12.4 Å². The summed E-state index contributed by atoms with van der Waals surface area (Å²) >= 11 is 0. The molecule has 0 saturated heterocycles. The average molecular weight is 311 g/mol. The second-order valence-corrected chi connectivity index (χ2v) is 4.44. The normalized spacial score (nSPS) is 11.1. The Kier molecular flexibility index (Phi) is 4.30. The van der Waals surface area contributed by atoms with E-state index in [-0.39, 0.29) is 5.69 Å². The predicted molar refractivity (Wildman–Crippen MR) is 73.4 cm³/mol. The minimum absolute atomic E-state index is 0.0671. The number of nitrogens with one attached hydrogen (secondary N) is 1. The van der Waals surface area contributed by atoms with Gasteiger partial charge in [-0.15, -0.1) is 10.2 Å². The van der Waals surface area contributed by atoms with Crippen LogP contribution in [0.25, 0.3) is 11.3 Å². The fourth-order valence-corrected chi connectivity index (χ4v) is 1.69. The summed E-state index contributed by atoms with van der Waals surface area (Å²) in [6.45, 7) is 1.59. The van der Waals surface area contributed by atoms with Gasteiger partial charge in [-0.2, -0.15) is 13.2 Å². The van der Waals surface area contributed by atoms with E-state index in [2.05, 4.69) is 10.2 Å². The molecule has 0 fully saturated rings. The van der Waals surface area contributed by atoms with Crippen LogP contribution < -0.4 is 10.1 Å². The van der Waals surface area contributed by atoms with Crippen molar-refractivity contribution in [1.82, 2.24) is 10.2 Å². The average Bonchev–Trinajstić information content (AvgIpc) is 2.48. The molecule has 0 bridgehead atoms. The smallest absolute Gasteiger partial charge is 0.471 e. The number of rotatable bonds is 3. The first-order valence-corrected chi connectivity index (χ1v) is 6.18. The monoisotopic (exact) mass is 311 g/mol. The molecule has 1 aromatic heterocycles. The fourth-order valence-electron chi connectivity index (χ4n) is 1.69. The molecule has 0 radical (unpaired) electrons. The summed E-state index contributed by atoms with van der Waals surface area (Å²) in [6.07, 6.45) is -4.94. The van der Waals surface area contributed by atoms with Crippen molar-refractivity contribution in [1.29, 1.82) is 0 Å². The number of benzene rings is 1. The quantitative estimate of drug-likeness (QED) is 0.946. The molecule has 2 aromatic rings. The highest BCUT2D eigenvalue weighted by Gasteiger charge is 2.38. The van der Waals surface area contributed by atoms with Gasteiger partial charge in [-0.3, -0.25) is 4.79 Å². The van der Waals surface area contributed by atoms with Gasteiger partial charge in [0.2, 0.25) is 5.88 Å². The van der Waals surface area contributed by atoms with Gasteiger partial charge in [-0.25, -0.2) is 0 Å². The van der Waals surface area contributed by atoms with E-state index in [0.29, 0.717) is 22.7 Å². The molecular weight excluding hydrogens is 299 g/mol. The van der Waals surface area contributed by atoms with Crippen LogP contribution in [0.3, 0.4) is 0 Å². The Bertz CT molecular complexity index is 685. The van der Waals surface area contributed by atoms with Crippen molar-refractivity contribution in [3.8, 4) is 17.1 Å². The van der Waals surface area contributed by atoms with Crippen molar-refractivity contribution in [2.24, 2.45) is 0 Å². The van der Waals surface area contributed by atoms with Gasteiger partial charge in [-0.1, -0.05) is 12.1 Å². The van der Waals surface area contributed by atoms with E-state index in [4.69, 9.17) is 4.74 Å². The number of hydrogen-bond acceptors (Lipinski definition) is 4. The van der Waals surface area contributed by atoms with Gasteiger partial charge in [0.15, 0.2) is 0 Å². The number of aromatic nitrogens is 2. The molecule has 1 amide bonds. The summed E-state index contributed by atoms with van der Waals surface area (Å²) in [4.78, 5) is 11.0. The van der Waals surface area contributed by atoms with Gasteiger partial charge >= 0.3 is 12.1 Å². The first-order valence-electron chi connectivity index (χ1n) is 6.18. The van der Waals surface area contributed by atoms with E-state index < -0.39 is 12.1 Å². The minimum atomic E-state index is -4.94. The summed E-state index contributed by atoms with van der Waals surface area (Å²) in [6, 6.07) is 7.87. The largest absolute Gasteiger partial charge is 0.480 e. The molecule has 116 valence electrons. The van der Waals surface area contributed by atoms with Crippen molar-refractivity contribution in [3.05, 3.63) is 35.9 Å². The SMILES string of the molecule is COc1ccc(-c2ccc(C)c(NC(=O)C(F)(F)F)c2)nn1. The maximum absolute atomic E-state index is 12.3. The molecule has 22 heavy (non-hydrogen) atoms. The zero-order valence-electron chi connectivity index (χ0n) is 11.7. The molecule has 0 spiro atoms. The van der Waals surface area contributed by atoms with E-state index in [9.17, 15) is 18.0 Å². The molecule has 1 aromatic carbocycles. The van der Waals surface area contributed by atoms with Crippen LogP contribution in [-0.2, 0) is 4.79 Å². The Hall–Kier alpha value is -2.64. The molecule has 0 aliphatic heterocycles. The number of hydrogen-bond donors (Lipinski definition) is 1. The molecule has 8 heteroatoms. The van der Waals surface area contributed by atoms with Crippen LogP contribution in [0.15, 0.2) is 30.3 Å². The maximum atomic E-state index is 12.3. The lowest BCUT2D eigenvalue weighted by molar-refractivity contribution is -0.167. The molecule has 1 N–H and O–H groups in total. The third-order valence-corrected chi connectivity index (χ3v) is 2.89. The molecule has 0 unspecified atom stereocenters. The van der Waals surface area contributed by atoms with E-state index in [1.165, 1.54) is 13.2 Å². The number of nitrogens with zero attached hydrogens (tertiary/aromatic N) is 2. The van der Waals surface area contributed by atoms with E-state index in [1.807, 2.05) is 5.32 Å². The maximum Gasteiger partial charge on any atom is 0.471 e. The van der Waals surface area contributed by atoms with Crippen molar-refractivity contribution in [2.45, 2.75) is 13.1 Å².